The van der Waals surface area contributed by atoms with Crippen molar-refractivity contribution in [3.05, 3.63) is 24.4 Å². The van der Waals surface area contributed by atoms with Crippen molar-refractivity contribution in [3.63, 3.8) is 0 Å². The van der Waals surface area contributed by atoms with Gasteiger partial charge in [0.15, 0.2) is 0 Å². The number of hydrogen-bond donors (Lipinski definition) is 3. The van der Waals surface area contributed by atoms with Crippen LogP contribution in [0.25, 0.3) is 11.0 Å². The molecule has 0 saturated carbocycles. The van der Waals surface area contributed by atoms with Crippen molar-refractivity contribution in [2.45, 2.75) is 25.8 Å². The number of aromatic nitrogens is 2. The van der Waals surface area contributed by atoms with Gasteiger partial charge < -0.3 is 16.2 Å². The van der Waals surface area contributed by atoms with Crippen molar-refractivity contribution in [3.8, 4) is 0 Å². The number of nitrogens with two attached hydrogens (primary N) is 1. The van der Waals surface area contributed by atoms with Crippen LogP contribution in [0.4, 0.5) is 11.5 Å². The molecular weight excluding hydrogens is 228 g/mol. The predicted octanol–water partition coefficient (Wildman–Crippen LogP) is 1.78. The molecule has 0 radical (unpaired) electrons. The van der Waals surface area contributed by atoms with Gasteiger partial charge in [0.25, 0.3) is 0 Å². The van der Waals surface area contributed by atoms with Crippen LogP contribution in [0.3, 0.4) is 0 Å². The Bertz CT molecular complexity index is 552. The van der Waals surface area contributed by atoms with Crippen LogP contribution in [-0.2, 0) is 0 Å². The van der Waals surface area contributed by atoms with Crippen molar-refractivity contribution >= 4 is 22.5 Å². The van der Waals surface area contributed by atoms with E-state index in [1.54, 1.807) is 12.3 Å². The van der Waals surface area contributed by atoms with Gasteiger partial charge in [-0.05, 0) is 25.5 Å². The van der Waals surface area contributed by atoms with Gasteiger partial charge in [0.05, 0.1) is 23.3 Å². The summed E-state index contributed by atoms with van der Waals surface area (Å²) in [7, 11) is 0. The molecule has 0 aliphatic rings. The molecule has 96 valence electrons. The van der Waals surface area contributed by atoms with Crippen LogP contribution in [0.5, 0.6) is 0 Å². The maximum atomic E-state index is 9.46. The first-order valence-corrected chi connectivity index (χ1v) is 5.98. The van der Waals surface area contributed by atoms with Gasteiger partial charge in [-0.25, -0.2) is 4.98 Å². The fraction of sp³-hybridized carbons (Fsp3) is 0.385. The number of rotatable bonds is 4. The molecule has 2 aromatic heterocycles. The summed E-state index contributed by atoms with van der Waals surface area (Å²) in [5.41, 5.74) is 7.71. The van der Waals surface area contributed by atoms with E-state index in [1.165, 1.54) is 0 Å². The quantitative estimate of drug-likeness (QED) is 0.766. The summed E-state index contributed by atoms with van der Waals surface area (Å²) >= 11 is 0. The number of fused-ring (bicyclic) bond motifs is 1. The summed E-state index contributed by atoms with van der Waals surface area (Å²) in [5, 5.41) is 12.8. The summed E-state index contributed by atoms with van der Waals surface area (Å²) in [4.78, 5) is 8.54. The van der Waals surface area contributed by atoms with Crippen LogP contribution in [0.15, 0.2) is 24.4 Å². The van der Waals surface area contributed by atoms with Crippen molar-refractivity contribution in [2.24, 2.45) is 0 Å². The van der Waals surface area contributed by atoms with Gasteiger partial charge >= 0.3 is 0 Å². The molecular formula is C13H18N4O. The highest BCUT2D eigenvalue weighted by Crippen LogP contribution is 2.26. The minimum absolute atomic E-state index is 0.0417. The van der Waals surface area contributed by atoms with Gasteiger partial charge in [-0.1, -0.05) is 6.92 Å². The first-order valence-electron chi connectivity index (χ1n) is 5.98. The summed E-state index contributed by atoms with van der Waals surface area (Å²) in [6.45, 7) is 4.02. The maximum absolute atomic E-state index is 9.46. The summed E-state index contributed by atoms with van der Waals surface area (Å²) in [6.07, 6.45) is 2.51. The molecule has 2 rings (SSSR count). The SMILES string of the molecule is CCC(C)(CO)Nc1cc(N)nc2cccnc12. The third-order valence-corrected chi connectivity index (χ3v) is 3.15. The molecule has 0 bridgehead atoms. The highest BCUT2D eigenvalue weighted by Gasteiger charge is 2.21. The van der Waals surface area contributed by atoms with Gasteiger partial charge in [-0.15, -0.1) is 0 Å². The molecule has 2 aromatic rings. The molecule has 0 amide bonds. The van der Waals surface area contributed by atoms with E-state index < -0.39 is 5.54 Å². The van der Waals surface area contributed by atoms with E-state index in [-0.39, 0.29) is 6.61 Å². The first-order chi connectivity index (χ1) is 8.58. The van der Waals surface area contributed by atoms with E-state index in [0.29, 0.717) is 5.82 Å². The smallest absolute Gasteiger partial charge is 0.126 e. The fourth-order valence-corrected chi connectivity index (χ4v) is 1.74. The Balaban J connectivity index is 2.50. The van der Waals surface area contributed by atoms with Crippen LogP contribution in [0.1, 0.15) is 20.3 Å². The van der Waals surface area contributed by atoms with Crippen molar-refractivity contribution in [1.82, 2.24) is 9.97 Å². The molecule has 18 heavy (non-hydrogen) atoms. The second-order valence-electron chi connectivity index (χ2n) is 4.66. The van der Waals surface area contributed by atoms with Gasteiger partial charge in [-0.3, -0.25) is 4.98 Å². The number of aliphatic hydroxyl groups is 1. The molecule has 4 N–H and O–H groups in total. The third kappa shape index (κ3) is 2.36. The van der Waals surface area contributed by atoms with Crippen LogP contribution >= 0.6 is 0 Å². The van der Waals surface area contributed by atoms with Gasteiger partial charge in [0.2, 0.25) is 0 Å². The van der Waals surface area contributed by atoms with E-state index >= 15 is 0 Å². The van der Waals surface area contributed by atoms with Gasteiger partial charge in [0.1, 0.15) is 11.3 Å². The molecule has 0 aromatic carbocycles. The Morgan fingerprint density at radius 1 is 1.50 bits per heavy atom. The molecule has 2 heterocycles. The van der Waals surface area contributed by atoms with Crippen molar-refractivity contribution in [2.75, 3.05) is 17.7 Å². The minimum Gasteiger partial charge on any atom is -0.394 e. The molecule has 1 atom stereocenters. The second-order valence-corrected chi connectivity index (χ2v) is 4.66. The Morgan fingerprint density at radius 2 is 2.28 bits per heavy atom. The molecule has 0 fully saturated rings. The second kappa shape index (κ2) is 4.78. The van der Waals surface area contributed by atoms with E-state index in [9.17, 15) is 5.11 Å². The molecule has 5 nitrogen and oxygen atoms in total. The monoisotopic (exact) mass is 246 g/mol. The fourth-order valence-electron chi connectivity index (χ4n) is 1.74. The zero-order valence-corrected chi connectivity index (χ0v) is 10.6. The molecule has 0 aliphatic heterocycles. The van der Waals surface area contributed by atoms with E-state index in [4.69, 9.17) is 5.73 Å². The average molecular weight is 246 g/mol. The Kier molecular flexibility index (Phi) is 3.34. The van der Waals surface area contributed by atoms with E-state index in [0.717, 1.165) is 23.1 Å². The summed E-state index contributed by atoms with van der Waals surface area (Å²) in [5.74, 6) is 0.439. The normalized spacial score (nSPS) is 14.4. The topological polar surface area (TPSA) is 84.1 Å². The van der Waals surface area contributed by atoms with Crippen LogP contribution in [0, 0.1) is 0 Å². The summed E-state index contributed by atoms with van der Waals surface area (Å²) in [6, 6.07) is 5.44. The van der Waals surface area contributed by atoms with Gasteiger partial charge in [0, 0.05) is 12.3 Å². The lowest BCUT2D eigenvalue weighted by molar-refractivity contribution is 0.219. The molecule has 5 heteroatoms. The maximum Gasteiger partial charge on any atom is 0.126 e. The first kappa shape index (κ1) is 12.6. The number of hydrogen-bond acceptors (Lipinski definition) is 5. The average Bonchev–Trinajstić information content (AvgIpc) is 2.38. The number of pyridine rings is 2. The molecule has 0 aliphatic carbocycles. The highest BCUT2D eigenvalue weighted by atomic mass is 16.3. The van der Waals surface area contributed by atoms with Crippen molar-refractivity contribution < 1.29 is 5.11 Å². The Labute approximate surface area is 106 Å². The standard InChI is InChI=1S/C13H18N4O/c1-3-13(2,8-18)17-10-7-11(14)16-9-5-4-6-15-12(9)10/h4-7,18H,3,8H2,1-2H3,(H3,14,16,17). The zero-order valence-electron chi connectivity index (χ0n) is 10.6. The number of nitrogens with zero attached hydrogens (tertiary/aromatic N) is 2. The van der Waals surface area contributed by atoms with Crippen LogP contribution in [-0.4, -0.2) is 27.2 Å². The van der Waals surface area contributed by atoms with Crippen LogP contribution in [0.2, 0.25) is 0 Å². The largest absolute Gasteiger partial charge is 0.394 e. The number of nitrogens with one attached hydrogen (secondary N) is 1. The number of aliphatic hydroxyl groups excluding tert-OH is 1. The lowest BCUT2D eigenvalue weighted by Crippen LogP contribution is -2.38. The lowest BCUT2D eigenvalue weighted by Gasteiger charge is -2.28. The Hall–Kier alpha value is -1.88. The van der Waals surface area contributed by atoms with E-state index in [1.807, 2.05) is 26.0 Å². The summed E-state index contributed by atoms with van der Waals surface area (Å²) < 4.78 is 0. The van der Waals surface area contributed by atoms with E-state index in [2.05, 4.69) is 15.3 Å². The minimum atomic E-state index is -0.391. The number of nitrogen functional groups attached to an aromatic ring is 1. The number of anilines is 2. The molecule has 0 spiro atoms. The Morgan fingerprint density at radius 3 is 2.94 bits per heavy atom. The third-order valence-electron chi connectivity index (χ3n) is 3.15. The lowest BCUT2D eigenvalue weighted by atomic mass is 9.99. The molecule has 1 unspecified atom stereocenters. The highest BCUT2D eigenvalue weighted by molar-refractivity contribution is 5.89. The molecule has 0 saturated heterocycles. The predicted molar refractivity (Wildman–Crippen MR) is 73.4 cm³/mol. The van der Waals surface area contributed by atoms with Crippen molar-refractivity contribution in [1.29, 1.82) is 0 Å². The zero-order chi connectivity index (χ0) is 13.2. The van der Waals surface area contributed by atoms with Crippen LogP contribution < -0.4 is 11.1 Å². The van der Waals surface area contributed by atoms with Gasteiger partial charge in [-0.2, -0.15) is 0 Å².